The molecule has 0 aromatic rings. The van der Waals surface area contributed by atoms with Gasteiger partial charge in [-0.15, -0.1) is 0 Å². The lowest BCUT2D eigenvalue weighted by atomic mass is 9.90. The van der Waals surface area contributed by atoms with Crippen molar-refractivity contribution in [3.63, 3.8) is 0 Å². The van der Waals surface area contributed by atoms with Crippen LogP contribution in [0.25, 0.3) is 0 Å². The summed E-state index contributed by atoms with van der Waals surface area (Å²) in [5.41, 5.74) is -0.251. The first kappa shape index (κ1) is 19.4. The van der Waals surface area contributed by atoms with Gasteiger partial charge in [0.05, 0.1) is 0 Å². The summed E-state index contributed by atoms with van der Waals surface area (Å²) in [6.07, 6.45) is 14.3. The van der Waals surface area contributed by atoms with Gasteiger partial charge in [0.15, 0.2) is 12.1 Å². The molecule has 128 valence electrons. The molecule has 0 aromatic carbocycles. The standard InChI is InChI=1S/C19H34O3/c1-19(2,3)17(20)13-9-7-5-4-6-8-11-15-21-18-14-10-12-16-22-18/h9,13,18H,4-8,10-12,14-16H2,1-3H3/b13-9+. The second-order valence-electron chi connectivity index (χ2n) is 7.24. The van der Waals surface area contributed by atoms with Gasteiger partial charge in [-0.05, 0) is 44.6 Å². The largest absolute Gasteiger partial charge is 0.353 e. The van der Waals surface area contributed by atoms with Gasteiger partial charge in [0.1, 0.15) is 0 Å². The van der Waals surface area contributed by atoms with E-state index in [1.807, 2.05) is 26.8 Å². The first-order valence-corrected chi connectivity index (χ1v) is 8.94. The van der Waals surface area contributed by atoms with Crippen LogP contribution < -0.4 is 0 Å². The molecule has 0 amide bonds. The van der Waals surface area contributed by atoms with E-state index in [0.29, 0.717) is 0 Å². The fourth-order valence-electron chi connectivity index (χ4n) is 2.39. The van der Waals surface area contributed by atoms with Crippen LogP contribution in [-0.2, 0) is 14.3 Å². The molecule has 1 rings (SSSR count). The van der Waals surface area contributed by atoms with Gasteiger partial charge < -0.3 is 9.47 Å². The lowest BCUT2D eigenvalue weighted by molar-refractivity contribution is -0.162. The molecule has 3 nitrogen and oxygen atoms in total. The Bertz CT molecular complexity index is 322. The summed E-state index contributed by atoms with van der Waals surface area (Å²) in [6.45, 7) is 7.56. The maximum absolute atomic E-state index is 11.7. The van der Waals surface area contributed by atoms with Crippen LogP contribution in [0.1, 0.15) is 78.6 Å². The number of hydrogen-bond donors (Lipinski definition) is 0. The van der Waals surface area contributed by atoms with Gasteiger partial charge >= 0.3 is 0 Å². The molecule has 0 radical (unpaired) electrons. The molecule has 0 N–H and O–H groups in total. The number of carbonyl (C=O) groups is 1. The molecule has 0 saturated carbocycles. The number of rotatable bonds is 10. The smallest absolute Gasteiger partial charge is 0.160 e. The molecular weight excluding hydrogens is 276 g/mol. The number of hydrogen-bond acceptors (Lipinski definition) is 3. The lowest BCUT2D eigenvalue weighted by Crippen LogP contribution is -2.22. The normalized spacial score (nSPS) is 19.7. The van der Waals surface area contributed by atoms with Crippen molar-refractivity contribution in [2.45, 2.75) is 84.8 Å². The third kappa shape index (κ3) is 9.37. The Labute approximate surface area is 136 Å². The van der Waals surface area contributed by atoms with Gasteiger partial charge in [0.2, 0.25) is 0 Å². The van der Waals surface area contributed by atoms with Crippen molar-refractivity contribution in [3.8, 4) is 0 Å². The number of allylic oxidation sites excluding steroid dienone is 2. The lowest BCUT2D eigenvalue weighted by Gasteiger charge is -2.22. The highest BCUT2D eigenvalue weighted by Crippen LogP contribution is 2.16. The molecule has 22 heavy (non-hydrogen) atoms. The zero-order valence-corrected chi connectivity index (χ0v) is 14.7. The van der Waals surface area contributed by atoms with E-state index >= 15 is 0 Å². The van der Waals surface area contributed by atoms with Gasteiger partial charge in [-0.1, -0.05) is 46.1 Å². The van der Waals surface area contributed by atoms with Crippen LogP contribution in [0.2, 0.25) is 0 Å². The van der Waals surface area contributed by atoms with Crippen molar-refractivity contribution in [2.24, 2.45) is 5.41 Å². The Hall–Kier alpha value is -0.670. The van der Waals surface area contributed by atoms with Gasteiger partial charge in [-0.25, -0.2) is 0 Å². The van der Waals surface area contributed by atoms with Gasteiger partial charge in [-0.3, -0.25) is 4.79 Å². The average molecular weight is 310 g/mol. The van der Waals surface area contributed by atoms with Gasteiger partial charge in [0, 0.05) is 18.6 Å². The Morgan fingerprint density at radius 3 is 2.55 bits per heavy atom. The van der Waals surface area contributed by atoms with Crippen LogP contribution in [0.3, 0.4) is 0 Å². The van der Waals surface area contributed by atoms with E-state index in [4.69, 9.17) is 9.47 Å². The second kappa shape index (κ2) is 11.0. The Kier molecular flexibility index (Phi) is 9.65. The fraction of sp³-hybridized carbons (Fsp3) is 0.842. The van der Waals surface area contributed by atoms with E-state index < -0.39 is 0 Å². The van der Waals surface area contributed by atoms with Crippen molar-refractivity contribution in [1.29, 1.82) is 0 Å². The SMILES string of the molecule is CC(C)(C)C(=O)/C=C/CCCCCCCOC1CCCCO1. The van der Waals surface area contributed by atoms with E-state index in [0.717, 1.165) is 32.5 Å². The molecule has 1 saturated heterocycles. The molecule has 1 unspecified atom stereocenters. The molecule has 1 heterocycles. The Morgan fingerprint density at radius 2 is 1.86 bits per heavy atom. The zero-order chi connectivity index (χ0) is 16.3. The molecule has 3 heteroatoms. The van der Waals surface area contributed by atoms with E-state index in [-0.39, 0.29) is 17.5 Å². The summed E-state index contributed by atoms with van der Waals surface area (Å²) in [4.78, 5) is 11.7. The molecular formula is C19H34O3. The monoisotopic (exact) mass is 310 g/mol. The van der Waals surface area contributed by atoms with Crippen molar-refractivity contribution in [1.82, 2.24) is 0 Å². The topological polar surface area (TPSA) is 35.5 Å². The number of ketones is 1. The number of unbranched alkanes of at least 4 members (excludes halogenated alkanes) is 5. The van der Waals surface area contributed by atoms with Crippen LogP contribution in [0.4, 0.5) is 0 Å². The van der Waals surface area contributed by atoms with E-state index in [9.17, 15) is 4.79 Å². The number of carbonyl (C=O) groups excluding carboxylic acids is 1. The summed E-state index contributed by atoms with van der Waals surface area (Å²) in [5, 5.41) is 0. The van der Waals surface area contributed by atoms with Crippen LogP contribution in [0, 0.1) is 5.41 Å². The van der Waals surface area contributed by atoms with Gasteiger partial charge in [-0.2, -0.15) is 0 Å². The minimum Gasteiger partial charge on any atom is -0.353 e. The molecule has 0 bridgehead atoms. The van der Waals surface area contributed by atoms with Crippen LogP contribution in [-0.4, -0.2) is 25.3 Å². The fourth-order valence-corrected chi connectivity index (χ4v) is 2.39. The molecule has 1 atom stereocenters. The van der Waals surface area contributed by atoms with Crippen LogP contribution in [0.5, 0.6) is 0 Å². The first-order valence-electron chi connectivity index (χ1n) is 8.94. The number of ether oxygens (including phenoxy) is 2. The maximum atomic E-state index is 11.7. The van der Waals surface area contributed by atoms with E-state index in [1.165, 1.54) is 38.5 Å². The van der Waals surface area contributed by atoms with Crippen molar-refractivity contribution >= 4 is 5.78 Å². The van der Waals surface area contributed by atoms with Gasteiger partial charge in [0.25, 0.3) is 0 Å². The maximum Gasteiger partial charge on any atom is 0.160 e. The van der Waals surface area contributed by atoms with Crippen molar-refractivity contribution in [3.05, 3.63) is 12.2 Å². The molecule has 1 fully saturated rings. The second-order valence-corrected chi connectivity index (χ2v) is 7.24. The highest BCUT2D eigenvalue weighted by atomic mass is 16.7. The molecule has 1 aliphatic rings. The summed E-state index contributed by atoms with van der Waals surface area (Å²) in [7, 11) is 0. The van der Waals surface area contributed by atoms with Crippen LogP contribution in [0.15, 0.2) is 12.2 Å². The minimum absolute atomic E-state index is 0.0549. The highest BCUT2D eigenvalue weighted by molar-refractivity contribution is 5.93. The van der Waals surface area contributed by atoms with Crippen molar-refractivity contribution in [2.75, 3.05) is 13.2 Å². The van der Waals surface area contributed by atoms with Crippen molar-refractivity contribution < 1.29 is 14.3 Å². The Balaban J connectivity index is 1.87. The molecule has 0 aromatic heterocycles. The predicted octanol–water partition coefficient (Wildman–Crippen LogP) is 5.04. The summed E-state index contributed by atoms with van der Waals surface area (Å²) in [5.74, 6) is 0.217. The predicted molar refractivity (Wildman–Crippen MR) is 90.8 cm³/mol. The molecule has 0 aliphatic carbocycles. The third-order valence-corrected chi connectivity index (χ3v) is 3.97. The molecule has 1 aliphatic heterocycles. The Morgan fingerprint density at radius 1 is 1.14 bits per heavy atom. The first-order chi connectivity index (χ1) is 10.5. The summed E-state index contributed by atoms with van der Waals surface area (Å²) in [6, 6.07) is 0. The van der Waals surface area contributed by atoms with E-state index in [2.05, 4.69) is 0 Å². The summed E-state index contributed by atoms with van der Waals surface area (Å²) < 4.78 is 11.3. The highest BCUT2D eigenvalue weighted by Gasteiger charge is 2.17. The quantitative estimate of drug-likeness (QED) is 0.419. The zero-order valence-electron chi connectivity index (χ0n) is 14.7. The molecule has 0 spiro atoms. The van der Waals surface area contributed by atoms with Crippen LogP contribution >= 0.6 is 0 Å². The van der Waals surface area contributed by atoms with E-state index in [1.54, 1.807) is 6.08 Å². The average Bonchev–Trinajstić information content (AvgIpc) is 2.49. The minimum atomic E-state index is -0.251. The summed E-state index contributed by atoms with van der Waals surface area (Å²) >= 11 is 0. The third-order valence-electron chi connectivity index (χ3n) is 3.97.